The Kier molecular flexibility index (Phi) is 4.77. The van der Waals surface area contributed by atoms with E-state index < -0.39 is 30.0 Å². The second-order valence-electron chi connectivity index (χ2n) is 5.39. The van der Waals surface area contributed by atoms with Crippen molar-refractivity contribution in [1.82, 2.24) is 0 Å². The molecule has 0 spiro atoms. The fourth-order valence-electron chi connectivity index (χ4n) is 2.50. The monoisotopic (exact) mass is 306 g/mol. The Balaban J connectivity index is 2.07. The second kappa shape index (κ2) is 6.57. The van der Waals surface area contributed by atoms with Crippen LogP contribution in [-0.4, -0.2) is 35.1 Å². The number of carbonyl (C=O) groups is 3. The van der Waals surface area contributed by atoms with Crippen LogP contribution < -0.4 is 11.1 Å². The molecule has 2 rings (SSSR count). The number of rotatable bonds is 5. The van der Waals surface area contributed by atoms with Crippen molar-refractivity contribution in [3.63, 3.8) is 0 Å². The third kappa shape index (κ3) is 3.62. The highest BCUT2D eigenvalue weighted by Crippen LogP contribution is 2.27. The van der Waals surface area contributed by atoms with Gasteiger partial charge in [0.25, 0.3) is 5.91 Å². The van der Waals surface area contributed by atoms with Crippen molar-refractivity contribution in [2.24, 2.45) is 11.7 Å². The number of amides is 2. The van der Waals surface area contributed by atoms with E-state index >= 15 is 0 Å². The van der Waals surface area contributed by atoms with E-state index in [0.29, 0.717) is 17.7 Å². The smallest absolute Gasteiger partial charge is 0.333 e. The Morgan fingerprint density at radius 1 is 1.36 bits per heavy atom. The number of hydrogen-bond acceptors (Lipinski definition) is 4. The normalized spacial score (nSPS) is 24.0. The first-order valence-corrected chi connectivity index (χ1v) is 6.94. The van der Waals surface area contributed by atoms with Gasteiger partial charge in [-0.05, 0) is 24.0 Å². The Morgan fingerprint density at radius 3 is 2.64 bits per heavy atom. The first-order chi connectivity index (χ1) is 10.4. The molecule has 1 saturated heterocycles. The topological polar surface area (TPSA) is 119 Å². The summed E-state index contributed by atoms with van der Waals surface area (Å²) >= 11 is 0. The molecule has 2 amide bonds. The number of aliphatic carboxylic acids is 1. The maximum Gasteiger partial charge on any atom is 0.333 e. The number of carboxylic acids is 1. The average molecular weight is 306 g/mol. The number of para-hydroxylation sites is 1. The van der Waals surface area contributed by atoms with Crippen LogP contribution in [0.15, 0.2) is 24.3 Å². The van der Waals surface area contributed by atoms with E-state index in [0.717, 1.165) is 0 Å². The molecule has 1 fully saturated rings. The molecule has 0 radical (unpaired) electrons. The number of benzene rings is 1. The minimum Gasteiger partial charge on any atom is -0.479 e. The van der Waals surface area contributed by atoms with Crippen LogP contribution in [0, 0.1) is 5.92 Å². The van der Waals surface area contributed by atoms with Crippen LogP contribution in [0.25, 0.3) is 0 Å². The lowest BCUT2D eigenvalue weighted by molar-refractivity contribution is -0.152. The number of nitrogens with two attached hydrogens (primary N) is 1. The van der Waals surface area contributed by atoms with Gasteiger partial charge >= 0.3 is 5.97 Å². The van der Waals surface area contributed by atoms with E-state index in [1.54, 1.807) is 31.2 Å². The zero-order valence-corrected chi connectivity index (χ0v) is 12.1. The summed E-state index contributed by atoms with van der Waals surface area (Å²) in [6, 6.07) is 6.81. The van der Waals surface area contributed by atoms with Gasteiger partial charge in [0, 0.05) is 5.69 Å². The van der Waals surface area contributed by atoms with Crippen LogP contribution in [0.4, 0.5) is 5.69 Å². The van der Waals surface area contributed by atoms with Gasteiger partial charge in [-0.3, -0.25) is 9.59 Å². The van der Waals surface area contributed by atoms with Crippen molar-refractivity contribution in [3.05, 3.63) is 29.8 Å². The van der Waals surface area contributed by atoms with Gasteiger partial charge in [0.1, 0.15) is 6.10 Å². The predicted octanol–water partition coefficient (Wildman–Crippen LogP) is 0.531. The molecule has 7 nitrogen and oxygen atoms in total. The Hall–Kier alpha value is -2.41. The van der Waals surface area contributed by atoms with Gasteiger partial charge in [-0.1, -0.05) is 25.1 Å². The van der Waals surface area contributed by atoms with Gasteiger partial charge in [-0.15, -0.1) is 0 Å². The molecule has 1 aliphatic rings. The van der Waals surface area contributed by atoms with Gasteiger partial charge in [0.05, 0.1) is 6.42 Å². The molecule has 1 aromatic rings. The quantitative estimate of drug-likeness (QED) is 0.733. The van der Waals surface area contributed by atoms with Crippen molar-refractivity contribution < 1.29 is 24.2 Å². The molecule has 1 aromatic carbocycles. The van der Waals surface area contributed by atoms with E-state index in [1.807, 2.05) is 0 Å². The van der Waals surface area contributed by atoms with Crippen LogP contribution in [-0.2, 0) is 25.5 Å². The fourth-order valence-corrected chi connectivity index (χ4v) is 2.50. The second-order valence-corrected chi connectivity index (χ2v) is 5.39. The number of anilines is 1. The van der Waals surface area contributed by atoms with Gasteiger partial charge < -0.3 is 20.9 Å². The van der Waals surface area contributed by atoms with Crippen molar-refractivity contribution >= 4 is 23.5 Å². The molecular formula is C15H18N2O5. The van der Waals surface area contributed by atoms with Crippen LogP contribution in [0.1, 0.15) is 18.9 Å². The third-order valence-electron chi connectivity index (χ3n) is 3.59. The summed E-state index contributed by atoms with van der Waals surface area (Å²) in [6.07, 6.45) is -1.45. The molecule has 4 N–H and O–H groups in total. The fraction of sp³-hybridized carbons (Fsp3) is 0.400. The summed E-state index contributed by atoms with van der Waals surface area (Å²) in [7, 11) is 0. The van der Waals surface area contributed by atoms with E-state index in [4.69, 9.17) is 15.6 Å². The first-order valence-electron chi connectivity index (χ1n) is 6.94. The van der Waals surface area contributed by atoms with Crippen LogP contribution in [0.5, 0.6) is 0 Å². The lowest BCUT2D eigenvalue weighted by Gasteiger charge is -2.14. The molecule has 0 saturated carbocycles. The number of ether oxygens (including phenoxy) is 1. The first kappa shape index (κ1) is 16.0. The molecule has 0 aromatic heterocycles. The van der Waals surface area contributed by atoms with Crippen molar-refractivity contribution in [2.75, 3.05) is 5.32 Å². The Morgan fingerprint density at radius 2 is 2.05 bits per heavy atom. The molecule has 1 aliphatic heterocycles. The zero-order chi connectivity index (χ0) is 16.3. The minimum atomic E-state index is -1.07. The van der Waals surface area contributed by atoms with Crippen LogP contribution in [0.3, 0.4) is 0 Å². The zero-order valence-electron chi connectivity index (χ0n) is 12.1. The van der Waals surface area contributed by atoms with Gasteiger partial charge in [-0.2, -0.15) is 0 Å². The molecule has 3 atom stereocenters. The van der Waals surface area contributed by atoms with E-state index in [2.05, 4.69) is 5.32 Å². The maximum atomic E-state index is 12.2. The van der Waals surface area contributed by atoms with Gasteiger partial charge in [-0.25, -0.2) is 4.79 Å². The Labute approximate surface area is 127 Å². The average Bonchev–Trinajstić information content (AvgIpc) is 2.83. The van der Waals surface area contributed by atoms with Crippen LogP contribution >= 0.6 is 0 Å². The standard InChI is InChI=1S/C15H18N2O5/c1-8-6-11(22-13(8)15(20)21)14(19)17-10-5-3-2-4-9(10)7-12(16)18/h2-5,8,11,13H,6-7H2,1H3,(H2,16,18)(H,17,19)(H,20,21)/t8-,11-,13-/m1/s1. The van der Waals surface area contributed by atoms with Gasteiger partial charge in [0.2, 0.25) is 5.91 Å². The molecule has 22 heavy (non-hydrogen) atoms. The van der Waals surface area contributed by atoms with Crippen LogP contribution in [0.2, 0.25) is 0 Å². The lowest BCUT2D eigenvalue weighted by atomic mass is 10.0. The molecule has 118 valence electrons. The minimum absolute atomic E-state index is 0.0101. The summed E-state index contributed by atoms with van der Waals surface area (Å²) in [5.41, 5.74) is 6.25. The molecule has 1 heterocycles. The summed E-state index contributed by atoms with van der Waals surface area (Å²) in [5, 5.41) is 11.7. The number of primary amides is 1. The Bertz CT molecular complexity index is 601. The number of carboxylic acid groups (broad SMARTS) is 1. The molecule has 0 bridgehead atoms. The summed E-state index contributed by atoms with van der Waals surface area (Å²) in [6.45, 7) is 1.73. The summed E-state index contributed by atoms with van der Waals surface area (Å²) in [4.78, 5) is 34.3. The molecule has 0 unspecified atom stereocenters. The largest absolute Gasteiger partial charge is 0.479 e. The SMILES string of the molecule is C[C@@H]1C[C@H](C(=O)Nc2ccccc2CC(N)=O)O[C@H]1C(=O)O. The third-order valence-corrected chi connectivity index (χ3v) is 3.59. The highest BCUT2D eigenvalue weighted by atomic mass is 16.5. The predicted molar refractivity (Wildman–Crippen MR) is 78.0 cm³/mol. The molecule has 0 aliphatic carbocycles. The van der Waals surface area contributed by atoms with Crippen molar-refractivity contribution in [2.45, 2.75) is 32.0 Å². The maximum absolute atomic E-state index is 12.2. The van der Waals surface area contributed by atoms with E-state index in [-0.39, 0.29) is 12.3 Å². The molecule has 7 heteroatoms. The number of nitrogens with one attached hydrogen (secondary N) is 1. The number of carbonyl (C=O) groups excluding carboxylic acids is 2. The van der Waals surface area contributed by atoms with Gasteiger partial charge in [0.15, 0.2) is 6.10 Å². The van der Waals surface area contributed by atoms with E-state index in [9.17, 15) is 14.4 Å². The highest BCUT2D eigenvalue weighted by molar-refractivity contribution is 5.96. The number of hydrogen-bond donors (Lipinski definition) is 3. The highest BCUT2D eigenvalue weighted by Gasteiger charge is 2.40. The summed E-state index contributed by atoms with van der Waals surface area (Å²) < 4.78 is 5.29. The summed E-state index contributed by atoms with van der Waals surface area (Å²) in [5.74, 6) is -2.24. The lowest BCUT2D eigenvalue weighted by Crippen LogP contribution is -2.30. The molecular weight excluding hydrogens is 288 g/mol. The van der Waals surface area contributed by atoms with Crippen molar-refractivity contribution in [1.29, 1.82) is 0 Å². The van der Waals surface area contributed by atoms with E-state index in [1.165, 1.54) is 0 Å². The van der Waals surface area contributed by atoms with Crippen molar-refractivity contribution in [3.8, 4) is 0 Å².